The second-order valence-electron chi connectivity index (χ2n) is 4.13. The molecule has 0 aromatic carbocycles. The maximum absolute atomic E-state index is 11.5. The minimum atomic E-state index is -3.06. The van der Waals surface area contributed by atoms with Gasteiger partial charge < -0.3 is 5.32 Å². The third kappa shape index (κ3) is 3.50. The first-order valence-electron chi connectivity index (χ1n) is 5.63. The van der Waals surface area contributed by atoms with Gasteiger partial charge >= 0.3 is 0 Å². The van der Waals surface area contributed by atoms with E-state index in [1.54, 1.807) is 18.7 Å². The molecular weight excluding hydrogens is 240 g/mol. The second kappa shape index (κ2) is 5.59. The van der Waals surface area contributed by atoms with Crippen molar-refractivity contribution in [3.63, 3.8) is 0 Å². The lowest BCUT2D eigenvalue weighted by Gasteiger charge is -2.21. The molecule has 0 radical (unpaired) electrons. The van der Waals surface area contributed by atoms with Crippen LogP contribution in [0, 0.1) is 0 Å². The van der Waals surface area contributed by atoms with Crippen molar-refractivity contribution in [1.29, 1.82) is 0 Å². The highest BCUT2D eigenvalue weighted by Crippen LogP contribution is 2.09. The van der Waals surface area contributed by atoms with Gasteiger partial charge in [-0.1, -0.05) is 0 Å². The number of rotatable bonds is 6. The van der Waals surface area contributed by atoms with Gasteiger partial charge in [-0.2, -0.15) is 5.10 Å². The van der Waals surface area contributed by atoms with Crippen molar-refractivity contribution in [1.82, 2.24) is 20.1 Å². The first-order chi connectivity index (χ1) is 7.90. The molecule has 2 unspecified atom stereocenters. The average molecular weight is 260 g/mol. The molecule has 2 atom stereocenters. The van der Waals surface area contributed by atoms with E-state index >= 15 is 0 Å². The number of likely N-dealkylation sites (N-methyl/N-ethyl adjacent to an activating group) is 1. The smallest absolute Gasteiger partial charge is 0.151 e. The van der Waals surface area contributed by atoms with E-state index in [1.807, 2.05) is 6.92 Å². The van der Waals surface area contributed by atoms with Crippen LogP contribution in [-0.4, -0.2) is 47.8 Å². The molecule has 0 amide bonds. The summed E-state index contributed by atoms with van der Waals surface area (Å²) in [7, 11) is -1.29. The Morgan fingerprint density at radius 1 is 1.53 bits per heavy atom. The molecule has 0 aliphatic rings. The minimum absolute atomic E-state index is 0.153. The third-order valence-corrected chi connectivity index (χ3v) is 4.69. The molecular formula is C10H20N4O2S. The SMILES string of the molecule is CCn1ncnc1CC(NC)C(C)S(C)(=O)=O. The van der Waals surface area contributed by atoms with Gasteiger partial charge in [0.05, 0.1) is 5.25 Å². The lowest BCUT2D eigenvalue weighted by atomic mass is 10.1. The first-order valence-corrected chi connectivity index (χ1v) is 7.58. The van der Waals surface area contributed by atoms with Crippen molar-refractivity contribution in [2.24, 2.45) is 0 Å². The number of hydrogen-bond donors (Lipinski definition) is 1. The molecule has 1 rings (SSSR count). The average Bonchev–Trinajstić information content (AvgIpc) is 2.70. The number of hydrogen-bond acceptors (Lipinski definition) is 5. The summed E-state index contributed by atoms with van der Waals surface area (Å²) in [6.45, 7) is 4.43. The maximum Gasteiger partial charge on any atom is 0.151 e. The van der Waals surface area contributed by atoms with Gasteiger partial charge in [-0.25, -0.2) is 13.4 Å². The van der Waals surface area contributed by atoms with E-state index in [0.717, 1.165) is 12.4 Å². The molecule has 0 saturated heterocycles. The number of aromatic nitrogens is 3. The molecule has 0 bridgehead atoms. The highest BCUT2D eigenvalue weighted by molar-refractivity contribution is 7.91. The molecule has 0 saturated carbocycles. The molecule has 0 fully saturated rings. The topological polar surface area (TPSA) is 76.9 Å². The highest BCUT2D eigenvalue weighted by atomic mass is 32.2. The Bertz CT molecular complexity index is 455. The molecule has 1 aromatic heterocycles. The Morgan fingerprint density at radius 2 is 2.18 bits per heavy atom. The number of nitrogens with zero attached hydrogens (tertiary/aromatic N) is 3. The summed E-state index contributed by atoms with van der Waals surface area (Å²) in [6.07, 6.45) is 3.31. The van der Waals surface area contributed by atoms with E-state index in [1.165, 1.54) is 12.6 Å². The van der Waals surface area contributed by atoms with Crippen molar-refractivity contribution in [3.8, 4) is 0 Å². The van der Waals surface area contributed by atoms with Gasteiger partial charge in [0.25, 0.3) is 0 Å². The summed E-state index contributed by atoms with van der Waals surface area (Å²) in [5, 5.41) is 6.66. The van der Waals surface area contributed by atoms with Crippen LogP contribution in [0.4, 0.5) is 0 Å². The van der Waals surface area contributed by atoms with Crippen LogP contribution < -0.4 is 5.32 Å². The van der Waals surface area contributed by atoms with Crippen LogP contribution in [-0.2, 0) is 22.8 Å². The van der Waals surface area contributed by atoms with Gasteiger partial charge in [0.15, 0.2) is 9.84 Å². The lowest BCUT2D eigenvalue weighted by Crippen LogP contribution is -2.42. The predicted octanol–water partition coefficient (Wildman–Crippen LogP) is -0.138. The number of aryl methyl sites for hydroxylation is 1. The fourth-order valence-electron chi connectivity index (χ4n) is 1.71. The summed E-state index contributed by atoms with van der Waals surface area (Å²) in [5.41, 5.74) is 0. The Morgan fingerprint density at radius 3 is 2.65 bits per heavy atom. The Kier molecular flexibility index (Phi) is 4.64. The van der Waals surface area contributed by atoms with Gasteiger partial charge in [0, 0.05) is 25.3 Å². The molecule has 6 nitrogen and oxygen atoms in total. The highest BCUT2D eigenvalue weighted by Gasteiger charge is 2.26. The molecule has 1 heterocycles. The quantitative estimate of drug-likeness (QED) is 0.770. The van der Waals surface area contributed by atoms with E-state index < -0.39 is 15.1 Å². The largest absolute Gasteiger partial charge is 0.315 e. The van der Waals surface area contributed by atoms with Crippen LogP contribution in [0.3, 0.4) is 0 Å². The normalized spacial score (nSPS) is 15.8. The fourth-order valence-corrected chi connectivity index (χ4v) is 2.54. The molecule has 17 heavy (non-hydrogen) atoms. The zero-order valence-corrected chi connectivity index (χ0v) is 11.5. The second-order valence-corrected chi connectivity index (χ2v) is 6.53. The Hall–Kier alpha value is -0.950. The van der Waals surface area contributed by atoms with Gasteiger partial charge in [-0.15, -0.1) is 0 Å². The first kappa shape index (κ1) is 14.1. The van der Waals surface area contributed by atoms with E-state index in [2.05, 4.69) is 15.4 Å². The predicted molar refractivity (Wildman–Crippen MR) is 66.6 cm³/mol. The van der Waals surface area contributed by atoms with Crippen LogP contribution >= 0.6 is 0 Å². The zero-order chi connectivity index (χ0) is 13.1. The van der Waals surface area contributed by atoms with Gasteiger partial charge in [0.2, 0.25) is 0 Å². The van der Waals surface area contributed by atoms with Crippen LogP contribution in [0.1, 0.15) is 19.7 Å². The van der Waals surface area contributed by atoms with Crippen LogP contribution in [0.2, 0.25) is 0 Å². The van der Waals surface area contributed by atoms with Crippen molar-refractivity contribution in [2.75, 3.05) is 13.3 Å². The number of sulfone groups is 1. The summed E-state index contributed by atoms with van der Waals surface area (Å²) in [4.78, 5) is 4.16. The minimum Gasteiger partial charge on any atom is -0.315 e. The van der Waals surface area contributed by atoms with Gasteiger partial charge in [0.1, 0.15) is 12.2 Å². The van der Waals surface area contributed by atoms with Gasteiger partial charge in [-0.3, -0.25) is 4.68 Å². The monoisotopic (exact) mass is 260 g/mol. The lowest BCUT2D eigenvalue weighted by molar-refractivity contribution is 0.491. The third-order valence-electron chi connectivity index (χ3n) is 3.01. The van der Waals surface area contributed by atoms with Crippen molar-refractivity contribution < 1.29 is 8.42 Å². The Labute approximate surface area is 102 Å². The molecule has 98 valence electrons. The Balaban J connectivity index is 2.84. The van der Waals surface area contributed by atoms with Gasteiger partial charge in [-0.05, 0) is 20.9 Å². The molecule has 0 aliphatic heterocycles. The van der Waals surface area contributed by atoms with Crippen LogP contribution in [0.25, 0.3) is 0 Å². The fraction of sp³-hybridized carbons (Fsp3) is 0.800. The maximum atomic E-state index is 11.5. The zero-order valence-electron chi connectivity index (χ0n) is 10.7. The van der Waals surface area contributed by atoms with Crippen molar-refractivity contribution >= 4 is 9.84 Å². The summed E-state index contributed by atoms with van der Waals surface area (Å²) >= 11 is 0. The molecule has 7 heteroatoms. The summed E-state index contributed by atoms with van der Waals surface area (Å²) in [5.74, 6) is 0.808. The van der Waals surface area contributed by atoms with Crippen molar-refractivity contribution in [3.05, 3.63) is 12.2 Å². The molecule has 1 aromatic rings. The number of nitrogens with one attached hydrogen (secondary N) is 1. The summed E-state index contributed by atoms with van der Waals surface area (Å²) in [6, 6.07) is -0.153. The van der Waals surface area contributed by atoms with E-state index in [4.69, 9.17) is 0 Å². The van der Waals surface area contributed by atoms with E-state index in [0.29, 0.717) is 6.42 Å². The van der Waals surface area contributed by atoms with Crippen molar-refractivity contribution in [2.45, 2.75) is 38.1 Å². The van der Waals surface area contributed by atoms with E-state index in [9.17, 15) is 8.42 Å². The van der Waals surface area contributed by atoms with Crippen LogP contribution in [0.15, 0.2) is 6.33 Å². The van der Waals surface area contributed by atoms with Crippen LogP contribution in [0.5, 0.6) is 0 Å². The molecule has 0 aliphatic carbocycles. The standard InChI is InChI=1S/C10H20N4O2S/c1-5-14-10(12-7-13-14)6-9(11-3)8(2)17(4,15)16/h7-9,11H,5-6H2,1-4H3. The molecule has 0 spiro atoms. The van der Waals surface area contributed by atoms with E-state index in [-0.39, 0.29) is 6.04 Å². The summed E-state index contributed by atoms with van der Waals surface area (Å²) < 4.78 is 24.8. The molecule has 1 N–H and O–H groups in total.